The first-order valence-electron chi connectivity index (χ1n) is 11.4. The SMILES string of the molecule is COc1ccc2cc(Br)ccc2c1CN1C(=O)[C@@H](NC(=O)[C@H](C)N(C)C(=O)O)CNc2ccccc21. The summed E-state index contributed by atoms with van der Waals surface area (Å²) >= 11 is 3.51. The maximum absolute atomic E-state index is 13.9. The lowest BCUT2D eigenvalue weighted by atomic mass is 10.0. The van der Waals surface area contributed by atoms with Gasteiger partial charge < -0.3 is 25.4 Å². The van der Waals surface area contributed by atoms with E-state index in [0.717, 1.165) is 31.4 Å². The van der Waals surface area contributed by atoms with Gasteiger partial charge in [0.25, 0.3) is 5.91 Å². The van der Waals surface area contributed by atoms with Gasteiger partial charge in [-0.3, -0.25) is 14.5 Å². The Labute approximate surface area is 217 Å². The van der Waals surface area contributed by atoms with Crippen LogP contribution in [-0.2, 0) is 16.1 Å². The van der Waals surface area contributed by atoms with Crippen LogP contribution in [0.1, 0.15) is 12.5 Å². The predicted octanol–water partition coefficient (Wildman–Crippen LogP) is 4.05. The Kier molecular flexibility index (Phi) is 7.35. The smallest absolute Gasteiger partial charge is 0.407 e. The van der Waals surface area contributed by atoms with Crippen LogP contribution in [0.25, 0.3) is 10.8 Å². The summed E-state index contributed by atoms with van der Waals surface area (Å²) < 4.78 is 6.59. The number of hydrogen-bond donors (Lipinski definition) is 3. The molecule has 0 unspecified atom stereocenters. The number of benzene rings is 3. The molecule has 1 aliphatic rings. The Morgan fingerprint density at radius 1 is 1.25 bits per heavy atom. The van der Waals surface area contributed by atoms with Crippen molar-refractivity contribution in [2.75, 3.05) is 30.9 Å². The second kappa shape index (κ2) is 10.4. The summed E-state index contributed by atoms with van der Waals surface area (Å²) in [7, 11) is 2.90. The maximum Gasteiger partial charge on any atom is 0.407 e. The molecule has 1 aliphatic heterocycles. The number of carboxylic acid groups (broad SMARTS) is 1. The number of amides is 3. The minimum atomic E-state index is -1.23. The van der Waals surface area contributed by atoms with Crippen LogP contribution in [-0.4, -0.2) is 60.7 Å². The van der Waals surface area contributed by atoms with E-state index in [4.69, 9.17) is 4.74 Å². The summed E-state index contributed by atoms with van der Waals surface area (Å²) in [5, 5.41) is 17.1. The first-order valence-corrected chi connectivity index (χ1v) is 12.2. The van der Waals surface area contributed by atoms with Gasteiger partial charge in [0.2, 0.25) is 5.91 Å². The number of carbonyl (C=O) groups is 3. The van der Waals surface area contributed by atoms with E-state index < -0.39 is 24.1 Å². The van der Waals surface area contributed by atoms with E-state index in [2.05, 4.69) is 26.6 Å². The number of nitrogens with zero attached hydrogens (tertiary/aromatic N) is 2. The molecule has 188 valence electrons. The Bertz CT molecular complexity index is 1330. The summed E-state index contributed by atoms with van der Waals surface area (Å²) in [4.78, 5) is 40.5. The van der Waals surface area contributed by atoms with E-state index in [9.17, 15) is 19.5 Å². The molecular weight excluding hydrogens is 528 g/mol. The fourth-order valence-electron chi connectivity index (χ4n) is 4.23. The number of rotatable bonds is 6. The van der Waals surface area contributed by atoms with Crippen LogP contribution in [0.15, 0.2) is 59.1 Å². The molecular formula is C26H27BrN4O5. The first kappa shape index (κ1) is 25.3. The summed E-state index contributed by atoms with van der Waals surface area (Å²) in [5.74, 6) is -0.231. The number of nitrogens with one attached hydrogen (secondary N) is 2. The van der Waals surface area contributed by atoms with Crippen molar-refractivity contribution < 1.29 is 24.2 Å². The second-order valence-electron chi connectivity index (χ2n) is 8.56. The zero-order chi connectivity index (χ0) is 26.0. The number of carbonyl (C=O) groups excluding carboxylic acids is 2. The van der Waals surface area contributed by atoms with Crippen LogP contribution in [0.2, 0.25) is 0 Å². The van der Waals surface area contributed by atoms with Crippen molar-refractivity contribution in [2.45, 2.75) is 25.6 Å². The number of fused-ring (bicyclic) bond motifs is 2. The van der Waals surface area contributed by atoms with Gasteiger partial charge >= 0.3 is 6.09 Å². The van der Waals surface area contributed by atoms with Crippen LogP contribution in [0, 0.1) is 0 Å². The van der Waals surface area contributed by atoms with Gasteiger partial charge in [-0.1, -0.05) is 40.2 Å². The lowest BCUT2D eigenvalue weighted by molar-refractivity contribution is -0.129. The summed E-state index contributed by atoms with van der Waals surface area (Å²) in [6.07, 6.45) is -1.23. The molecule has 0 aliphatic carbocycles. The summed E-state index contributed by atoms with van der Waals surface area (Å²) in [6, 6.07) is 15.3. The molecule has 0 saturated carbocycles. The highest BCUT2D eigenvalue weighted by molar-refractivity contribution is 9.10. The molecule has 3 N–H and O–H groups in total. The molecule has 0 radical (unpaired) electrons. The average Bonchev–Trinajstić information content (AvgIpc) is 2.99. The first-order chi connectivity index (χ1) is 17.2. The van der Waals surface area contributed by atoms with Crippen molar-refractivity contribution in [3.05, 3.63) is 64.6 Å². The third-order valence-corrected chi connectivity index (χ3v) is 6.91. The van der Waals surface area contributed by atoms with Crippen LogP contribution in [0.3, 0.4) is 0 Å². The lowest BCUT2D eigenvalue weighted by Gasteiger charge is -2.28. The second-order valence-corrected chi connectivity index (χ2v) is 9.48. The normalized spacial score (nSPS) is 15.9. The van der Waals surface area contributed by atoms with Crippen LogP contribution >= 0.6 is 15.9 Å². The van der Waals surface area contributed by atoms with Crippen LogP contribution < -0.4 is 20.3 Å². The molecule has 1 heterocycles. The van der Waals surface area contributed by atoms with Gasteiger partial charge in [-0.15, -0.1) is 0 Å². The van der Waals surface area contributed by atoms with Gasteiger partial charge in [-0.05, 0) is 48.0 Å². The lowest BCUT2D eigenvalue weighted by Crippen LogP contribution is -2.55. The standard InChI is InChI=1S/C26H27BrN4O5/c1-15(30(2)26(34)35)24(32)29-21-13-28-20-6-4-5-7-22(20)31(25(21)33)14-19-18-10-9-17(27)12-16(18)8-11-23(19)36-3/h4-12,15,21,28H,13-14H2,1-3H3,(H,29,32)(H,34,35)/t15-,21-/m0/s1. The van der Waals surface area contributed by atoms with E-state index in [1.54, 1.807) is 12.0 Å². The van der Waals surface area contributed by atoms with Crippen molar-refractivity contribution >= 4 is 56.0 Å². The maximum atomic E-state index is 13.9. The van der Waals surface area contributed by atoms with Crippen molar-refractivity contribution in [2.24, 2.45) is 0 Å². The number of halogens is 1. The van der Waals surface area contributed by atoms with Gasteiger partial charge in [0.1, 0.15) is 17.8 Å². The molecule has 36 heavy (non-hydrogen) atoms. The minimum absolute atomic E-state index is 0.154. The Hall–Kier alpha value is -3.79. The zero-order valence-corrected chi connectivity index (χ0v) is 21.7. The van der Waals surface area contributed by atoms with E-state index >= 15 is 0 Å². The highest BCUT2D eigenvalue weighted by Crippen LogP contribution is 2.35. The Morgan fingerprint density at radius 3 is 2.72 bits per heavy atom. The molecule has 0 saturated heterocycles. The van der Waals surface area contributed by atoms with E-state index in [0.29, 0.717) is 11.4 Å². The van der Waals surface area contributed by atoms with E-state index in [1.807, 2.05) is 54.6 Å². The highest BCUT2D eigenvalue weighted by Gasteiger charge is 2.34. The molecule has 3 aromatic carbocycles. The van der Waals surface area contributed by atoms with Gasteiger partial charge in [-0.25, -0.2) is 4.79 Å². The Balaban J connectivity index is 1.72. The van der Waals surface area contributed by atoms with Crippen molar-refractivity contribution in [3.8, 4) is 5.75 Å². The molecule has 3 aromatic rings. The van der Waals surface area contributed by atoms with Crippen LogP contribution in [0.5, 0.6) is 5.75 Å². The van der Waals surface area contributed by atoms with Crippen molar-refractivity contribution in [3.63, 3.8) is 0 Å². The largest absolute Gasteiger partial charge is 0.496 e. The number of methoxy groups -OCH3 is 1. The number of hydrogen-bond acceptors (Lipinski definition) is 5. The predicted molar refractivity (Wildman–Crippen MR) is 142 cm³/mol. The fourth-order valence-corrected chi connectivity index (χ4v) is 4.61. The van der Waals surface area contributed by atoms with Gasteiger partial charge in [0, 0.05) is 23.6 Å². The quantitative estimate of drug-likeness (QED) is 0.423. The topological polar surface area (TPSA) is 111 Å². The molecule has 0 spiro atoms. The molecule has 4 rings (SSSR count). The average molecular weight is 555 g/mol. The summed E-state index contributed by atoms with van der Waals surface area (Å²) in [5.41, 5.74) is 2.25. The molecule has 0 bridgehead atoms. The third-order valence-electron chi connectivity index (χ3n) is 6.42. The minimum Gasteiger partial charge on any atom is -0.496 e. The zero-order valence-electron chi connectivity index (χ0n) is 20.1. The van der Waals surface area contributed by atoms with Crippen molar-refractivity contribution in [1.82, 2.24) is 10.2 Å². The fraction of sp³-hybridized carbons (Fsp3) is 0.269. The third kappa shape index (κ3) is 4.94. The molecule has 10 heteroatoms. The van der Waals surface area contributed by atoms with E-state index in [-0.39, 0.29) is 19.0 Å². The number of para-hydroxylation sites is 2. The number of likely N-dealkylation sites (N-methyl/N-ethyl adjacent to an activating group) is 1. The monoisotopic (exact) mass is 554 g/mol. The van der Waals surface area contributed by atoms with Crippen molar-refractivity contribution in [1.29, 1.82) is 0 Å². The van der Waals surface area contributed by atoms with Gasteiger partial charge in [0.05, 0.1) is 25.0 Å². The molecule has 9 nitrogen and oxygen atoms in total. The summed E-state index contributed by atoms with van der Waals surface area (Å²) in [6.45, 7) is 1.83. The Morgan fingerprint density at radius 2 is 2.00 bits per heavy atom. The van der Waals surface area contributed by atoms with Gasteiger partial charge in [0.15, 0.2) is 0 Å². The van der Waals surface area contributed by atoms with Crippen LogP contribution in [0.4, 0.5) is 16.2 Å². The molecule has 0 aromatic heterocycles. The van der Waals surface area contributed by atoms with E-state index in [1.165, 1.54) is 14.0 Å². The number of anilines is 2. The molecule has 3 amide bonds. The van der Waals surface area contributed by atoms with Gasteiger partial charge in [-0.2, -0.15) is 0 Å². The number of ether oxygens (including phenoxy) is 1. The highest BCUT2D eigenvalue weighted by atomic mass is 79.9. The molecule has 2 atom stereocenters. The molecule has 0 fully saturated rings.